The zero-order valence-electron chi connectivity index (χ0n) is 14.7. The van der Waals surface area contributed by atoms with Crippen LogP contribution in [-0.2, 0) is 0 Å². The standard InChI is InChI=1S/C19H36/c1-11(13(3)18(6,7)8)12(2)14(4)19(9)15(5)16-10-17(16)19/h11-17H,10H2,1-9H3. The third-order valence-corrected chi connectivity index (χ3v) is 8.02. The Balaban J connectivity index is 2.05. The van der Waals surface area contributed by atoms with Gasteiger partial charge in [-0.2, -0.15) is 0 Å². The smallest absolute Gasteiger partial charge is 0.0238 e. The molecule has 112 valence electrons. The molecule has 2 aliphatic carbocycles. The highest BCUT2D eigenvalue weighted by Crippen LogP contribution is 2.74. The van der Waals surface area contributed by atoms with Crippen molar-refractivity contribution in [1.82, 2.24) is 0 Å². The summed E-state index contributed by atoms with van der Waals surface area (Å²) >= 11 is 0. The van der Waals surface area contributed by atoms with Gasteiger partial charge in [0.25, 0.3) is 0 Å². The zero-order valence-corrected chi connectivity index (χ0v) is 14.7. The summed E-state index contributed by atoms with van der Waals surface area (Å²) in [6, 6.07) is 0. The van der Waals surface area contributed by atoms with Crippen LogP contribution >= 0.6 is 0 Å². The minimum Gasteiger partial charge on any atom is -0.0620 e. The lowest BCUT2D eigenvalue weighted by Gasteiger charge is -2.53. The summed E-state index contributed by atoms with van der Waals surface area (Å²) in [5, 5.41) is 0. The molecule has 2 fully saturated rings. The lowest BCUT2D eigenvalue weighted by atomic mass is 9.52. The van der Waals surface area contributed by atoms with Crippen molar-refractivity contribution in [2.45, 2.75) is 68.7 Å². The Morgan fingerprint density at radius 1 is 1.00 bits per heavy atom. The average Bonchev–Trinajstić information content (AvgIpc) is 3.10. The molecular weight excluding hydrogens is 228 g/mol. The van der Waals surface area contributed by atoms with E-state index in [1.165, 1.54) is 6.42 Å². The lowest BCUT2D eigenvalue weighted by molar-refractivity contribution is -0.0535. The first-order valence-electron chi connectivity index (χ1n) is 8.52. The molecule has 0 aromatic carbocycles. The van der Waals surface area contributed by atoms with Crippen LogP contribution in [0.1, 0.15) is 68.7 Å². The Kier molecular flexibility index (Phi) is 3.64. The summed E-state index contributed by atoms with van der Waals surface area (Å²) in [5.41, 5.74) is 1.07. The van der Waals surface area contributed by atoms with Gasteiger partial charge in [0.2, 0.25) is 0 Å². The van der Waals surface area contributed by atoms with Crippen molar-refractivity contribution in [3.8, 4) is 0 Å². The summed E-state index contributed by atoms with van der Waals surface area (Å²) in [6.45, 7) is 22.3. The molecule has 0 bridgehead atoms. The highest BCUT2D eigenvalue weighted by atomic mass is 14.7. The van der Waals surface area contributed by atoms with E-state index in [0.29, 0.717) is 10.8 Å². The van der Waals surface area contributed by atoms with E-state index in [2.05, 4.69) is 62.3 Å². The minimum absolute atomic E-state index is 0.432. The van der Waals surface area contributed by atoms with Crippen LogP contribution in [0.25, 0.3) is 0 Å². The van der Waals surface area contributed by atoms with E-state index in [1.54, 1.807) is 0 Å². The number of hydrogen-bond donors (Lipinski definition) is 0. The van der Waals surface area contributed by atoms with Crippen LogP contribution in [0.3, 0.4) is 0 Å². The molecule has 0 nitrogen and oxygen atoms in total. The van der Waals surface area contributed by atoms with Gasteiger partial charge in [0.15, 0.2) is 0 Å². The van der Waals surface area contributed by atoms with Crippen LogP contribution in [-0.4, -0.2) is 0 Å². The fourth-order valence-corrected chi connectivity index (χ4v) is 5.18. The quantitative estimate of drug-likeness (QED) is 0.596. The summed E-state index contributed by atoms with van der Waals surface area (Å²) in [4.78, 5) is 0. The number of rotatable bonds is 4. The molecule has 2 rings (SSSR count). The molecule has 2 saturated carbocycles. The van der Waals surface area contributed by atoms with Crippen LogP contribution in [0.5, 0.6) is 0 Å². The van der Waals surface area contributed by atoms with Gasteiger partial charge >= 0.3 is 0 Å². The van der Waals surface area contributed by atoms with E-state index in [-0.39, 0.29) is 0 Å². The Labute approximate surface area is 121 Å². The fourth-order valence-electron chi connectivity index (χ4n) is 5.18. The first-order chi connectivity index (χ1) is 8.52. The molecule has 2 aliphatic rings. The van der Waals surface area contributed by atoms with E-state index in [0.717, 1.165) is 41.4 Å². The minimum atomic E-state index is 0.432. The molecule has 0 amide bonds. The van der Waals surface area contributed by atoms with Gasteiger partial charge in [0, 0.05) is 0 Å². The first kappa shape index (κ1) is 15.4. The fraction of sp³-hybridized carbons (Fsp3) is 1.00. The Morgan fingerprint density at radius 2 is 1.53 bits per heavy atom. The normalized spacial score (nSPS) is 43.7. The van der Waals surface area contributed by atoms with Crippen molar-refractivity contribution in [3.05, 3.63) is 0 Å². The predicted molar refractivity (Wildman–Crippen MR) is 85.0 cm³/mol. The molecule has 0 aromatic heterocycles. The summed E-state index contributed by atoms with van der Waals surface area (Å²) < 4.78 is 0. The van der Waals surface area contributed by atoms with E-state index in [1.807, 2.05) is 0 Å². The van der Waals surface area contributed by atoms with Crippen LogP contribution < -0.4 is 0 Å². The van der Waals surface area contributed by atoms with Gasteiger partial charge < -0.3 is 0 Å². The van der Waals surface area contributed by atoms with Crippen molar-refractivity contribution in [1.29, 1.82) is 0 Å². The third-order valence-electron chi connectivity index (χ3n) is 8.02. The van der Waals surface area contributed by atoms with Crippen LogP contribution in [0.15, 0.2) is 0 Å². The molecule has 0 heterocycles. The Morgan fingerprint density at radius 3 is 1.89 bits per heavy atom. The van der Waals surface area contributed by atoms with Gasteiger partial charge in [0.1, 0.15) is 0 Å². The maximum Gasteiger partial charge on any atom is -0.0238 e. The number of hydrogen-bond acceptors (Lipinski definition) is 0. The highest BCUT2D eigenvalue weighted by Gasteiger charge is 2.68. The average molecular weight is 264 g/mol. The molecule has 8 atom stereocenters. The van der Waals surface area contributed by atoms with Crippen molar-refractivity contribution in [3.63, 3.8) is 0 Å². The summed E-state index contributed by atoms with van der Waals surface area (Å²) in [7, 11) is 0. The van der Waals surface area contributed by atoms with Gasteiger partial charge in [-0.1, -0.05) is 62.3 Å². The van der Waals surface area contributed by atoms with Crippen molar-refractivity contribution < 1.29 is 0 Å². The molecule has 0 saturated heterocycles. The highest BCUT2D eigenvalue weighted by molar-refractivity contribution is 5.16. The van der Waals surface area contributed by atoms with Crippen LogP contribution in [0, 0.1) is 52.3 Å². The molecule has 0 radical (unpaired) electrons. The van der Waals surface area contributed by atoms with Gasteiger partial charge in [-0.25, -0.2) is 0 Å². The van der Waals surface area contributed by atoms with Gasteiger partial charge in [-0.3, -0.25) is 0 Å². The topological polar surface area (TPSA) is 0 Å². The second kappa shape index (κ2) is 4.50. The third kappa shape index (κ3) is 2.18. The van der Waals surface area contributed by atoms with Crippen molar-refractivity contribution in [2.24, 2.45) is 52.3 Å². The van der Waals surface area contributed by atoms with Gasteiger partial charge in [0.05, 0.1) is 0 Å². The Bertz CT molecular complexity index is 336. The summed E-state index contributed by atoms with van der Waals surface area (Å²) in [6.07, 6.45) is 1.53. The Hall–Kier alpha value is 0. The number of fused-ring (bicyclic) bond motifs is 1. The lowest BCUT2D eigenvalue weighted by Crippen LogP contribution is -2.48. The van der Waals surface area contributed by atoms with E-state index in [4.69, 9.17) is 0 Å². The zero-order chi connectivity index (χ0) is 14.7. The molecule has 19 heavy (non-hydrogen) atoms. The molecule has 0 N–H and O–H groups in total. The maximum absolute atomic E-state index is 2.58. The van der Waals surface area contributed by atoms with Crippen molar-refractivity contribution in [2.75, 3.05) is 0 Å². The SMILES string of the molecule is CC(C(C)C(C)C1(C)C(C)C2CC21)C(C)C(C)(C)C. The monoisotopic (exact) mass is 264 g/mol. The molecule has 0 heteroatoms. The van der Waals surface area contributed by atoms with Gasteiger partial charge in [-0.15, -0.1) is 0 Å². The van der Waals surface area contributed by atoms with Crippen LogP contribution in [0.2, 0.25) is 0 Å². The predicted octanol–water partition coefficient (Wildman–Crippen LogP) is 5.87. The van der Waals surface area contributed by atoms with E-state index < -0.39 is 0 Å². The molecular formula is C19H36. The van der Waals surface area contributed by atoms with Crippen LogP contribution in [0.4, 0.5) is 0 Å². The second-order valence-corrected chi connectivity index (χ2v) is 9.32. The molecule has 0 aromatic rings. The molecule has 0 aliphatic heterocycles. The van der Waals surface area contributed by atoms with E-state index in [9.17, 15) is 0 Å². The van der Waals surface area contributed by atoms with E-state index >= 15 is 0 Å². The van der Waals surface area contributed by atoms with Gasteiger partial charge in [-0.05, 0) is 58.7 Å². The first-order valence-corrected chi connectivity index (χ1v) is 8.52. The maximum atomic E-state index is 2.58. The molecule has 0 spiro atoms. The largest absolute Gasteiger partial charge is 0.0620 e. The molecule has 8 unspecified atom stereocenters. The summed E-state index contributed by atoms with van der Waals surface area (Å²) in [5.74, 6) is 6.43. The second-order valence-electron chi connectivity index (χ2n) is 9.32. The van der Waals surface area contributed by atoms with Crippen molar-refractivity contribution >= 4 is 0 Å².